The molecule has 0 aromatic rings. The normalized spacial score (nSPS) is 15.1. The molecule has 1 heterocycles. The van der Waals surface area contributed by atoms with Gasteiger partial charge < -0.3 is 24.0 Å². The molecule has 0 radical (unpaired) electrons. The molecule has 210 valence electrons. The minimum Gasteiger partial charge on any atom is -0.430 e. The lowest BCUT2D eigenvalue weighted by molar-refractivity contribution is 0.121. The van der Waals surface area contributed by atoms with Crippen LogP contribution in [0.25, 0.3) is 0 Å². The average molecular weight is 525 g/mol. The molecule has 0 aliphatic carbocycles. The van der Waals surface area contributed by atoms with E-state index in [1.807, 2.05) is 13.8 Å². The second-order valence-electron chi connectivity index (χ2n) is 8.53. The first kappa shape index (κ1) is 36.2. The molecular weight excluding hydrogens is 471 g/mol. The van der Waals surface area contributed by atoms with Gasteiger partial charge in [-0.15, -0.1) is 0 Å². The van der Waals surface area contributed by atoms with Crippen LogP contribution < -0.4 is 0 Å². The fraction of sp³-hybridized carbons (Fsp3) is 0.885. The zero-order chi connectivity index (χ0) is 26.6. The van der Waals surface area contributed by atoms with Gasteiger partial charge in [0.05, 0.1) is 6.61 Å². The van der Waals surface area contributed by atoms with Gasteiger partial charge in [0.25, 0.3) is 0 Å². The summed E-state index contributed by atoms with van der Waals surface area (Å²) in [7, 11) is -4.26. The fourth-order valence-electron chi connectivity index (χ4n) is 3.15. The van der Waals surface area contributed by atoms with Crippen molar-refractivity contribution >= 4 is 14.0 Å². The summed E-state index contributed by atoms with van der Waals surface area (Å²) in [5.41, 5.74) is 0. The molecule has 8 nitrogen and oxygen atoms in total. The first-order valence-electron chi connectivity index (χ1n) is 13.5. The number of allylic oxidation sites excluding steroid dienone is 2. The Morgan fingerprint density at radius 2 is 1.34 bits per heavy atom. The molecule has 1 unspecified atom stereocenters. The number of phosphoric acid groups is 1. The average Bonchev–Trinajstić information content (AvgIpc) is 3.19. The zero-order valence-corrected chi connectivity index (χ0v) is 23.6. The van der Waals surface area contributed by atoms with Gasteiger partial charge in [0.2, 0.25) is 0 Å². The number of phosphoric ester groups is 1. The number of unbranched alkanes of at least 4 members (excludes halogenated alkanes) is 12. The van der Waals surface area contributed by atoms with Crippen LogP contribution in [0.15, 0.2) is 12.2 Å². The third kappa shape index (κ3) is 35.3. The van der Waals surface area contributed by atoms with Gasteiger partial charge in [-0.05, 0) is 52.9 Å². The number of hydrogen-bond donors (Lipinski definition) is 2. The van der Waals surface area contributed by atoms with E-state index in [-0.39, 0.29) is 12.7 Å². The summed E-state index contributed by atoms with van der Waals surface area (Å²) >= 11 is 0. The van der Waals surface area contributed by atoms with E-state index >= 15 is 0 Å². The maximum atomic E-state index is 10.5. The number of rotatable bonds is 19. The molecule has 0 aromatic carbocycles. The predicted octanol–water partition coefficient (Wildman–Crippen LogP) is 7.72. The molecule has 0 amide bonds. The molecule has 0 saturated carbocycles. The molecule has 1 aliphatic heterocycles. The molecule has 2 N–H and O–H groups in total. The van der Waals surface area contributed by atoms with Crippen molar-refractivity contribution in [3.63, 3.8) is 0 Å². The van der Waals surface area contributed by atoms with Crippen molar-refractivity contribution in [3.05, 3.63) is 12.2 Å². The van der Waals surface area contributed by atoms with E-state index in [4.69, 9.17) is 14.5 Å². The van der Waals surface area contributed by atoms with E-state index in [9.17, 15) is 9.36 Å². The summed E-state index contributed by atoms with van der Waals surface area (Å²) in [4.78, 5) is 27.1. The SMILES string of the molecule is CC1COC(=O)O1.CCCCCCCC/C=C\CCCCCCCCOP(=O)(O)O.CCOCC. The first-order valence-corrected chi connectivity index (χ1v) is 15.1. The lowest BCUT2D eigenvalue weighted by Crippen LogP contribution is -2.01. The van der Waals surface area contributed by atoms with E-state index in [0.29, 0.717) is 6.61 Å². The van der Waals surface area contributed by atoms with Crippen LogP contribution >= 0.6 is 7.82 Å². The van der Waals surface area contributed by atoms with Gasteiger partial charge in [-0.3, -0.25) is 4.52 Å². The molecule has 1 atom stereocenters. The maximum absolute atomic E-state index is 10.5. The molecule has 35 heavy (non-hydrogen) atoms. The van der Waals surface area contributed by atoms with Crippen molar-refractivity contribution in [1.29, 1.82) is 0 Å². The number of hydrogen-bond acceptors (Lipinski definition) is 6. The lowest BCUT2D eigenvalue weighted by Gasteiger charge is -2.04. The van der Waals surface area contributed by atoms with E-state index in [1.165, 1.54) is 70.6 Å². The largest absolute Gasteiger partial charge is 0.508 e. The van der Waals surface area contributed by atoms with E-state index in [2.05, 4.69) is 33.1 Å². The second-order valence-corrected chi connectivity index (χ2v) is 9.77. The molecular formula is C26H53O8P. The Hall–Kier alpha value is -0.920. The highest BCUT2D eigenvalue weighted by molar-refractivity contribution is 7.46. The zero-order valence-electron chi connectivity index (χ0n) is 22.8. The molecule has 1 fully saturated rings. The van der Waals surface area contributed by atoms with Crippen molar-refractivity contribution in [1.82, 2.24) is 0 Å². The minimum absolute atomic E-state index is 0.0486. The van der Waals surface area contributed by atoms with Crippen LogP contribution in [-0.2, 0) is 23.3 Å². The standard InChI is InChI=1S/C18H37O4P.C4H6O3.C4H10O/c1-2-3-4-5-6-7-8-9-10-11-12-13-14-15-16-17-18-22-23(19,20)21;1-3-2-6-4(5)7-3;1-3-5-4-2/h9-10H,2-8,11-18H2,1H3,(H2,19,20,21);3H,2H2,1H3;3-4H2,1-2H3/b10-9-;;. The maximum Gasteiger partial charge on any atom is 0.508 e. The fourth-order valence-corrected chi connectivity index (χ4v) is 3.52. The Morgan fingerprint density at radius 3 is 1.69 bits per heavy atom. The van der Waals surface area contributed by atoms with Crippen LogP contribution in [0.1, 0.15) is 118 Å². The Labute approximate surface area is 214 Å². The summed E-state index contributed by atoms with van der Waals surface area (Å²) in [5, 5.41) is 0. The minimum atomic E-state index is -4.26. The number of ether oxygens (including phenoxy) is 3. The van der Waals surface area contributed by atoms with Gasteiger partial charge in [-0.1, -0.05) is 76.9 Å². The van der Waals surface area contributed by atoms with E-state index in [0.717, 1.165) is 32.5 Å². The molecule has 0 aromatic heterocycles. The molecule has 9 heteroatoms. The summed E-state index contributed by atoms with van der Waals surface area (Å²) in [5.74, 6) is 0. The highest BCUT2D eigenvalue weighted by Crippen LogP contribution is 2.35. The molecule has 0 spiro atoms. The highest BCUT2D eigenvalue weighted by atomic mass is 31.2. The Balaban J connectivity index is 0. The molecule has 1 aliphatic rings. The van der Waals surface area contributed by atoms with Gasteiger partial charge in [-0.25, -0.2) is 9.36 Å². The number of carbonyl (C=O) groups excluding carboxylic acids is 1. The topological polar surface area (TPSA) is 112 Å². The Kier molecular flexibility index (Phi) is 28.6. The van der Waals surface area contributed by atoms with Gasteiger partial charge >= 0.3 is 14.0 Å². The quantitative estimate of drug-likeness (QED) is 0.0764. The summed E-state index contributed by atoms with van der Waals surface area (Å²) < 4.78 is 28.6. The Bertz CT molecular complexity index is 519. The summed E-state index contributed by atoms with van der Waals surface area (Å²) in [6.07, 6.45) is 21.1. The number of cyclic esters (lactones) is 2. The second kappa shape index (κ2) is 27.7. The van der Waals surface area contributed by atoms with E-state index < -0.39 is 14.0 Å². The van der Waals surface area contributed by atoms with Crippen molar-refractivity contribution in [2.24, 2.45) is 0 Å². The van der Waals surface area contributed by atoms with Crippen molar-refractivity contribution in [2.75, 3.05) is 26.4 Å². The van der Waals surface area contributed by atoms with Gasteiger partial charge in [0, 0.05) is 13.2 Å². The van der Waals surface area contributed by atoms with Gasteiger partial charge in [0.15, 0.2) is 0 Å². The predicted molar refractivity (Wildman–Crippen MR) is 142 cm³/mol. The van der Waals surface area contributed by atoms with Gasteiger partial charge in [-0.2, -0.15) is 0 Å². The smallest absolute Gasteiger partial charge is 0.430 e. The Morgan fingerprint density at radius 1 is 0.857 bits per heavy atom. The van der Waals surface area contributed by atoms with Crippen molar-refractivity contribution in [3.8, 4) is 0 Å². The van der Waals surface area contributed by atoms with Gasteiger partial charge in [0.1, 0.15) is 12.7 Å². The summed E-state index contributed by atoms with van der Waals surface area (Å²) in [6, 6.07) is 0. The monoisotopic (exact) mass is 524 g/mol. The van der Waals surface area contributed by atoms with Crippen molar-refractivity contribution < 1.29 is 37.9 Å². The lowest BCUT2D eigenvalue weighted by atomic mass is 10.1. The van der Waals surface area contributed by atoms with Crippen LogP contribution in [0, 0.1) is 0 Å². The van der Waals surface area contributed by atoms with Crippen LogP contribution in [-0.4, -0.2) is 48.5 Å². The van der Waals surface area contributed by atoms with Crippen LogP contribution in [0.5, 0.6) is 0 Å². The third-order valence-electron chi connectivity index (χ3n) is 5.06. The first-order chi connectivity index (χ1) is 16.8. The molecule has 1 saturated heterocycles. The highest BCUT2D eigenvalue weighted by Gasteiger charge is 2.19. The molecule has 1 rings (SSSR count). The summed E-state index contributed by atoms with van der Waals surface area (Å²) in [6.45, 7) is 10.3. The molecule has 0 bridgehead atoms. The van der Waals surface area contributed by atoms with Crippen LogP contribution in [0.2, 0.25) is 0 Å². The van der Waals surface area contributed by atoms with Crippen LogP contribution in [0.4, 0.5) is 4.79 Å². The van der Waals surface area contributed by atoms with E-state index in [1.54, 1.807) is 6.92 Å². The number of carbonyl (C=O) groups is 1. The third-order valence-corrected chi connectivity index (χ3v) is 5.58. The van der Waals surface area contributed by atoms with Crippen LogP contribution in [0.3, 0.4) is 0 Å². The van der Waals surface area contributed by atoms with Crippen molar-refractivity contribution in [2.45, 2.75) is 124 Å².